The summed E-state index contributed by atoms with van der Waals surface area (Å²) in [4.78, 5) is 17.8. The van der Waals surface area contributed by atoms with E-state index in [-0.39, 0.29) is 0 Å². The van der Waals surface area contributed by atoms with Crippen molar-refractivity contribution in [3.05, 3.63) is 24.3 Å². The fraction of sp³-hybridized carbons (Fsp3) is 0.333. The van der Waals surface area contributed by atoms with Gasteiger partial charge in [-0.3, -0.25) is 4.79 Å². The normalized spacial score (nSPS) is 20.2. The third-order valence-corrected chi connectivity index (χ3v) is 4.03. The molecule has 1 aromatic heterocycles. The third kappa shape index (κ3) is 2.04. The number of anilines is 1. The Hall–Kier alpha value is -1.66. The number of rotatable bonds is 2. The number of carbonyl (C=O) groups is 1. The molecule has 5 nitrogen and oxygen atoms in total. The van der Waals surface area contributed by atoms with Crippen LogP contribution in [0.5, 0.6) is 0 Å². The number of hydrogen-bond acceptors (Lipinski definition) is 5. The summed E-state index contributed by atoms with van der Waals surface area (Å²) in [5, 5.41) is 0.922. The number of carbonyl (C=O) groups excluding carboxylic acids is 1. The maximum Gasteiger partial charge on any atom is 0.248 e. The molecule has 6 heteroatoms. The molecular formula is C12H13N3O2S. The maximum absolute atomic E-state index is 11.2. The summed E-state index contributed by atoms with van der Waals surface area (Å²) in [5.74, 6) is -0.416. The first-order valence-electron chi connectivity index (χ1n) is 5.75. The number of nitrogens with zero attached hydrogens (tertiary/aromatic N) is 2. The zero-order valence-corrected chi connectivity index (χ0v) is 10.5. The molecule has 3 rings (SSSR count). The number of nitrogens with two attached hydrogens (primary N) is 1. The standard InChI is InChI=1S/C12H13N3O2S/c13-11(16)9-7-15(5-6-17-9)12-14-8-3-1-2-4-10(8)18-12/h1-4,9H,5-7H2,(H2,13,16)/t9-/m1/s1. The van der Waals surface area contributed by atoms with Gasteiger partial charge in [0.15, 0.2) is 11.2 Å². The fourth-order valence-corrected chi connectivity index (χ4v) is 2.99. The van der Waals surface area contributed by atoms with E-state index in [2.05, 4.69) is 9.88 Å². The fourth-order valence-electron chi connectivity index (χ4n) is 1.99. The van der Waals surface area contributed by atoms with E-state index < -0.39 is 12.0 Å². The number of para-hydroxylation sites is 1. The quantitative estimate of drug-likeness (QED) is 0.877. The monoisotopic (exact) mass is 263 g/mol. The molecule has 0 saturated carbocycles. The van der Waals surface area contributed by atoms with Crippen LogP contribution >= 0.6 is 11.3 Å². The van der Waals surface area contributed by atoms with Crippen molar-refractivity contribution in [3.63, 3.8) is 0 Å². The van der Waals surface area contributed by atoms with E-state index in [0.717, 1.165) is 21.9 Å². The lowest BCUT2D eigenvalue weighted by molar-refractivity contribution is -0.130. The number of hydrogen-bond donors (Lipinski definition) is 1. The van der Waals surface area contributed by atoms with E-state index in [9.17, 15) is 4.79 Å². The number of morpholine rings is 1. The van der Waals surface area contributed by atoms with Gasteiger partial charge in [-0.25, -0.2) is 4.98 Å². The van der Waals surface area contributed by atoms with Gasteiger partial charge in [-0.15, -0.1) is 0 Å². The van der Waals surface area contributed by atoms with Crippen molar-refractivity contribution in [2.75, 3.05) is 24.6 Å². The lowest BCUT2D eigenvalue weighted by Gasteiger charge is -2.30. The number of ether oxygens (including phenoxy) is 1. The van der Waals surface area contributed by atoms with Gasteiger partial charge in [0.1, 0.15) is 0 Å². The van der Waals surface area contributed by atoms with E-state index >= 15 is 0 Å². The highest BCUT2D eigenvalue weighted by Crippen LogP contribution is 2.29. The van der Waals surface area contributed by atoms with Crippen LogP contribution in [-0.4, -0.2) is 36.7 Å². The second kappa shape index (κ2) is 4.55. The van der Waals surface area contributed by atoms with Crippen LogP contribution in [0.4, 0.5) is 5.13 Å². The Kier molecular flexibility index (Phi) is 2.89. The molecule has 0 bridgehead atoms. The summed E-state index contributed by atoms with van der Waals surface area (Å²) in [6.07, 6.45) is -0.536. The molecule has 1 saturated heterocycles. The molecule has 0 unspecified atom stereocenters. The lowest BCUT2D eigenvalue weighted by atomic mass is 10.3. The van der Waals surface area contributed by atoms with Crippen LogP contribution in [0, 0.1) is 0 Å². The molecule has 1 aliphatic heterocycles. The van der Waals surface area contributed by atoms with Gasteiger partial charge in [-0.1, -0.05) is 23.5 Å². The largest absolute Gasteiger partial charge is 0.367 e. The van der Waals surface area contributed by atoms with Crippen LogP contribution in [0.1, 0.15) is 0 Å². The molecule has 1 atom stereocenters. The molecule has 0 spiro atoms. The molecule has 2 heterocycles. The third-order valence-electron chi connectivity index (χ3n) is 2.94. The van der Waals surface area contributed by atoms with Crippen molar-refractivity contribution < 1.29 is 9.53 Å². The minimum absolute atomic E-state index is 0.416. The molecule has 94 valence electrons. The van der Waals surface area contributed by atoms with Crippen molar-refractivity contribution in [1.82, 2.24) is 4.98 Å². The highest BCUT2D eigenvalue weighted by atomic mass is 32.1. The molecule has 0 radical (unpaired) electrons. The molecular weight excluding hydrogens is 250 g/mol. The molecule has 1 amide bonds. The Labute approximate surface area is 108 Å². The van der Waals surface area contributed by atoms with Gasteiger partial charge in [-0.05, 0) is 12.1 Å². The molecule has 1 fully saturated rings. The Morgan fingerprint density at radius 3 is 3.11 bits per heavy atom. The zero-order valence-electron chi connectivity index (χ0n) is 9.70. The van der Waals surface area contributed by atoms with Crippen molar-refractivity contribution in [1.29, 1.82) is 0 Å². The number of primary amides is 1. The summed E-state index contributed by atoms with van der Waals surface area (Å²) < 4.78 is 6.47. The molecule has 18 heavy (non-hydrogen) atoms. The van der Waals surface area contributed by atoms with Crippen molar-refractivity contribution >= 4 is 32.6 Å². The van der Waals surface area contributed by atoms with Gasteiger partial charge >= 0.3 is 0 Å². The van der Waals surface area contributed by atoms with Crippen LogP contribution in [0.25, 0.3) is 10.2 Å². The zero-order chi connectivity index (χ0) is 12.5. The van der Waals surface area contributed by atoms with Gasteiger partial charge < -0.3 is 15.4 Å². The first-order chi connectivity index (χ1) is 8.74. The van der Waals surface area contributed by atoms with Crippen LogP contribution < -0.4 is 10.6 Å². The van der Waals surface area contributed by atoms with E-state index in [4.69, 9.17) is 10.5 Å². The summed E-state index contributed by atoms with van der Waals surface area (Å²) >= 11 is 1.62. The SMILES string of the molecule is NC(=O)[C@H]1CN(c2nc3ccccc3s2)CCO1. The van der Waals surface area contributed by atoms with Crippen LogP contribution in [0.3, 0.4) is 0 Å². The maximum atomic E-state index is 11.2. The first kappa shape index (κ1) is 11.4. The number of thiazole rings is 1. The number of amides is 1. The topological polar surface area (TPSA) is 68.5 Å². The molecule has 2 aromatic rings. The van der Waals surface area contributed by atoms with Crippen molar-refractivity contribution in [2.45, 2.75) is 6.10 Å². The van der Waals surface area contributed by atoms with E-state index in [1.165, 1.54) is 0 Å². The van der Waals surface area contributed by atoms with E-state index in [0.29, 0.717) is 13.2 Å². The van der Waals surface area contributed by atoms with Crippen LogP contribution in [-0.2, 0) is 9.53 Å². The minimum atomic E-state index is -0.536. The molecule has 1 aliphatic rings. The number of fused-ring (bicyclic) bond motifs is 1. The van der Waals surface area contributed by atoms with Gasteiger partial charge in [0, 0.05) is 6.54 Å². The molecule has 0 aliphatic carbocycles. The Balaban J connectivity index is 1.87. The van der Waals surface area contributed by atoms with Crippen LogP contribution in [0.2, 0.25) is 0 Å². The van der Waals surface area contributed by atoms with Crippen LogP contribution in [0.15, 0.2) is 24.3 Å². The average molecular weight is 263 g/mol. The Bertz CT molecular complexity index is 550. The summed E-state index contributed by atoms with van der Waals surface area (Å²) in [6.45, 7) is 1.72. The molecule has 1 aromatic carbocycles. The van der Waals surface area contributed by atoms with Crippen molar-refractivity contribution in [3.8, 4) is 0 Å². The highest BCUT2D eigenvalue weighted by molar-refractivity contribution is 7.22. The van der Waals surface area contributed by atoms with E-state index in [1.807, 2.05) is 24.3 Å². The summed E-state index contributed by atoms with van der Waals surface area (Å²) in [6, 6.07) is 8.00. The smallest absolute Gasteiger partial charge is 0.248 e. The number of aromatic nitrogens is 1. The Morgan fingerprint density at radius 1 is 1.50 bits per heavy atom. The van der Waals surface area contributed by atoms with E-state index in [1.54, 1.807) is 11.3 Å². The van der Waals surface area contributed by atoms with Gasteiger partial charge in [0.2, 0.25) is 5.91 Å². The van der Waals surface area contributed by atoms with Crippen molar-refractivity contribution in [2.24, 2.45) is 5.73 Å². The average Bonchev–Trinajstić information content (AvgIpc) is 2.82. The lowest BCUT2D eigenvalue weighted by Crippen LogP contribution is -2.48. The second-order valence-corrected chi connectivity index (χ2v) is 5.18. The summed E-state index contributed by atoms with van der Waals surface area (Å²) in [7, 11) is 0. The van der Waals surface area contributed by atoms with Gasteiger partial charge in [0.05, 0.1) is 23.4 Å². The summed E-state index contributed by atoms with van der Waals surface area (Å²) in [5.41, 5.74) is 6.26. The minimum Gasteiger partial charge on any atom is -0.367 e. The highest BCUT2D eigenvalue weighted by Gasteiger charge is 2.26. The first-order valence-corrected chi connectivity index (χ1v) is 6.57. The predicted molar refractivity (Wildman–Crippen MR) is 70.8 cm³/mol. The van der Waals surface area contributed by atoms with Gasteiger partial charge in [-0.2, -0.15) is 0 Å². The Morgan fingerprint density at radius 2 is 2.33 bits per heavy atom. The predicted octanol–water partition coefficient (Wildman–Crippen LogP) is 0.987. The molecule has 2 N–H and O–H groups in total. The number of benzene rings is 1. The van der Waals surface area contributed by atoms with Gasteiger partial charge in [0.25, 0.3) is 0 Å². The second-order valence-electron chi connectivity index (χ2n) is 4.17.